The Bertz CT molecular complexity index is 2030. The smallest absolute Gasteiger partial charge is 0.260 e. The molecule has 4 aromatic heterocycles. The van der Waals surface area contributed by atoms with Gasteiger partial charge in [-0.2, -0.15) is 4.98 Å². The lowest BCUT2D eigenvalue weighted by atomic mass is 10.0. The Balaban J connectivity index is 1.11. The zero-order valence-electron chi connectivity index (χ0n) is 24.4. The number of piperazine rings is 1. The van der Waals surface area contributed by atoms with Gasteiger partial charge in [-0.05, 0) is 67.4 Å². The summed E-state index contributed by atoms with van der Waals surface area (Å²) in [7, 11) is 0. The van der Waals surface area contributed by atoms with E-state index in [9.17, 15) is 4.79 Å². The molecule has 2 aliphatic rings. The third-order valence-electron chi connectivity index (χ3n) is 8.79. The summed E-state index contributed by atoms with van der Waals surface area (Å²) in [5, 5.41) is 6.52. The first-order valence-electron chi connectivity index (χ1n) is 15.1. The van der Waals surface area contributed by atoms with E-state index in [2.05, 4.69) is 37.2 Å². The molecule has 1 atom stereocenters. The van der Waals surface area contributed by atoms with Crippen LogP contribution in [0, 0.1) is 5.82 Å². The van der Waals surface area contributed by atoms with Crippen molar-refractivity contribution in [2.24, 2.45) is 0 Å². The molecule has 0 bridgehead atoms. The lowest BCUT2D eigenvalue weighted by molar-refractivity contribution is 0.231. The summed E-state index contributed by atoms with van der Waals surface area (Å²) in [6, 6.07) is 17.2. The fourth-order valence-corrected chi connectivity index (χ4v) is 7.08. The standard InChI is InChI=1S/C34H30FN7O2S/c35-30-17-22(23-9-14-44-21-23)3-8-28(30)29-16-24-18-37-34(39-32(24)42(33(29)43)20-31-36-10-15-45-31)38-25-4-6-26(7-5-25)41-13-12-40-11-1-2-27(40)19-41/h3-10,14-18,21,27H,1-2,11-13,19-20H2,(H,37,38,39). The predicted octanol–water partition coefficient (Wildman–Crippen LogP) is 6.39. The molecule has 0 aliphatic carbocycles. The quantitative estimate of drug-likeness (QED) is 0.220. The molecule has 11 heteroatoms. The topological polar surface area (TPSA) is 92.3 Å². The van der Waals surface area contributed by atoms with E-state index >= 15 is 4.39 Å². The predicted molar refractivity (Wildman–Crippen MR) is 175 cm³/mol. The van der Waals surface area contributed by atoms with Gasteiger partial charge >= 0.3 is 0 Å². The van der Waals surface area contributed by atoms with Gasteiger partial charge in [-0.3, -0.25) is 14.3 Å². The Morgan fingerprint density at radius 3 is 2.71 bits per heavy atom. The van der Waals surface area contributed by atoms with Crippen molar-refractivity contribution in [3.8, 4) is 22.3 Å². The number of furan rings is 1. The van der Waals surface area contributed by atoms with E-state index in [0.717, 1.165) is 35.9 Å². The zero-order valence-corrected chi connectivity index (χ0v) is 25.2. The maximum atomic E-state index is 15.5. The maximum Gasteiger partial charge on any atom is 0.260 e. The molecule has 0 amide bonds. The number of nitrogens with one attached hydrogen (secondary N) is 1. The van der Waals surface area contributed by atoms with Crippen LogP contribution >= 0.6 is 11.3 Å². The number of hydrogen-bond donors (Lipinski definition) is 1. The second-order valence-electron chi connectivity index (χ2n) is 11.5. The molecule has 0 radical (unpaired) electrons. The molecule has 9 nitrogen and oxygen atoms in total. The minimum Gasteiger partial charge on any atom is -0.472 e. The van der Waals surface area contributed by atoms with Crippen LogP contribution < -0.4 is 15.8 Å². The van der Waals surface area contributed by atoms with Crippen LogP contribution in [-0.4, -0.2) is 56.6 Å². The zero-order chi connectivity index (χ0) is 30.3. The molecule has 6 aromatic rings. The number of nitrogens with zero attached hydrogens (tertiary/aromatic N) is 6. The van der Waals surface area contributed by atoms with Crippen molar-refractivity contribution in [1.82, 2.24) is 24.4 Å². The highest BCUT2D eigenvalue weighted by Gasteiger charge is 2.30. The maximum absolute atomic E-state index is 15.5. The molecule has 6 heterocycles. The molecule has 45 heavy (non-hydrogen) atoms. The van der Waals surface area contributed by atoms with Gasteiger partial charge in [0.15, 0.2) is 0 Å². The Morgan fingerprint density at radius 1 is 1.00 bits per heavy atom. The van der Waals surface area contributed by atoms with Crippen LogP contribution in [-0.2, 0) is 6.54 Å². The Kier molecular flexibility index (Phi) is 7.11. The minimum absolute atomic E-state index is 0.203. The van der Waals surface area contributed by atoms with Crippen LogP contribution in [0.5, 0.6) is 0 Å². The number of halogens is 1. The van der Waals surface area contributed by atoms with Crippen molar-refractivity contribution >= 4 is 39.7 Å². The van der Waals surface area contributed by atoms with Crippen molar-refractivity contribution in [1.29, 1.82) is 0 Å². The summed E-state index contributed by atoms with van der Waals surface area (Å²) in [5.41, 5.74) is 4.01. The van der Waals surface area contributed by atoms with Gasteiger partial charge in [0, 0.05) is 71.3 Å². The van der Waals surface area contributed by atoms with Gasteiger partial charge in [0.1, 0.15) is 16.5 Å². The molecule has 1 unspecified atom stereocenters. The van der Waals surface area contributed by atoms with Crippen molar-refractivity contribution in [3.05, 3.63) is 106 Å². The van der Waals surface area contributed by atoms with E-state index in [1.165, 1.54) is 48.7 Å². The van der Waals surface area contributed by atoms with E-state index in [4.69, 9.17) is 9.40 Å². The number of fused-ring (bicyclic) bond motifs is 2. The third-order valence-corrected chi connectivity index (χ3v) is 9.56. The fourth-order valence-electron chi connectivity index (χ4n) is 6.48. The van der Waals surface area contributed by atoms with Crippen LogP contribution in [0.3, 0.4) is 0 Å². The van der Waals surface area contributed by atoms with Crippen molar-refractivity contribution in [3.63, 3.8) is 0 Å². The van der Waals surface area contributed by atoms with Crippen molar-refractivity contribution in [2.45, 2.75) is 25.4 Å². The number of aromatic nitrogens is 4. The molecule has 0 spiro atoms. The van der Waals surface area contributed by atoms with E-state index in [0.29, 0.717) is 28.6 Å². The van der Waals surface area contributed by atoms with E-state index in [1.54, 1.807) is 47.5 Å². The molecular formula is C34H30FN7O2S. The highest BCUT2D eigenvalue weighted by molar-refractivity contribution is 7.09. The molecular weight excluding hydrogens is 589 g/mol. The molecule has 8 rings (SSSR count). The molecule has 2 aliphatic heterocycles. The number of hydrogen-bond acceptors (Lipinski definition) is 9. The van der Waals surface area contributed by atoms with E-state index < -0.39 is 5.82 Å². The Morgan fingerprint density at radius 2 is 1.91 bits per heavy atom. The number of thiazole rings is 1. The average Bonchev–Trinajstić information content (AvgIpc) is 3.86. The van der Waals surface area contributed by atoms with Crippen molar-refractivity contribution in [2.75, 3.05) is 36.4 Å². The van der Waals surface area contributed by atoms with Crippen LogP contribution in [0.25, 0.3) is 33.3 Å². The normalized spacial score (nSPS) is 16.7. The van der Waals surface area contributed by atoms with Gasteiger partial charge in [0.2, 0.25) is 5.95 Å². The summed E-state index contributed by atoms with van der Waals surface area (Å²) in [4.78, 5) is 32.7. The monoisotopic (exact) mass is 619 g/mol. The van der Waals surface area contributed by atoms with Gasteiger partial charge in [-0.1, -0.05) is 12.1 Å². The molecule has 2 saturated heterocycles. The molecule has 2 aromatic carbocycles. The number of benzene rings is 2. The summed E-state index contributed by atoms with van der Waals surface area (Å²) in [6.07, 6.45) is 9.03. The Hall–Kier alpha value is -4.87. The van der Waals surface area contributed by atoms with Crippen LogP contribution in [0.4, 0.5) is 21.7 Å². The lowest BCUT2D eigenvalue weighted by Gasteiger charge is -2.38. The van der Waals surface area contributed by atoms with Crippen LogP contribution in [0.2, 0.25) is 0 Å². The molecule has 2 fully saturated rings. The molecule has 226 valence electrons. The summed E-state index contributed by atoms with van der Waals surface area (Å²) < 4.78 is 22.2. The minimum atomic E-state index is -0.501. The van der Waals surface area contributed by atoms with Crippen LogP contribution in [0.1, 0.15) is 17.8 Å². The second-order valence-corrected chi connectivity index (χ2v) is 12.5. The largest absolute Gasteiger partial charge is 0.472 e. The highest BCUT2D eigenvalue weighted by atomic mass is 32.1. The first kappa shape index (κ1) is 27.7. The fraction of sp³-hybridized carbons (Fsp3) is 0.235. The van der Waals surface area contributed by atoms with Gasteiger partial charge in [-0.25, -0.2) is 14.4 Å². The highest BCUT2D eigenvalue weighted by Crippen LogP contribution is 2.30. The first-order valence-corrected chi connectivity index (χ1v) is 15.9. The SMILES string of the molecule is O=c1c(-c2ccc(-c3ccoc3)cc2F)cc2cnc(Nc3ccc(N4CCN5CCCC5C4)cc3)nc2n1Cc1nccs1. The van der Waals surface area contributed by atoms with Gasteiger partial charge in [-0.15, -0.1) is 11.3 Å². The third kappa shape index (κ3) is 5.38. The van der Waals surface area contributed by atoms with Gasteiger partial charge in [0.25, 0.3) is 5.56 Å². The summed E-state index contributed by atoms with van der Waals surface area (Å²) in [5.74, 6) is -0.135. The molecule has 0 saturated carbocycles. The summed E-state index contributed by atoms with van der Waals surface area (Å²) in [6.45, 7) is 4.65. The first-order chi connectivity index (χ1) is 22.1. The molecule has 1 N–H and O–H groups in total. The number of pyridine rings is 1. The summed E-state index contributed by atoms with van der Waals surface area (Å²) >= 11 is 1.45. The van der Waals surface area contributed by atoms with E-state index in [-0.39, 0.29) is 23.2 Å². The van der Waals surface area contributed by atoms with E-state index in [1.807, 2.05) is 17.5 Å². The second kappa shape index (κ2) is 11.6. The van der Waals surface area contributed by atoms with Gasteiger partial charge < -0.3 is 14.6 Å². The average molecular weight is 620 g/mol. The number of rotatable bonds is 7. The number of anilines is 3. The Labute approximate surface area is 262 Å². The van der Waals surface area contributed by atoms with Crippen LogP contribution in [0.15, 0.2) is 94.1 Å². The lowest BCUT2D eigenvalue weighted by Crippen LogP contribution is -2.50. The van der Waals surface area contributed by atoms with Crippen molar-refractivity contribution < 1.29 is 8.81 Å². The van der Waals surface area contributed by atoms with Gasteiger partial charge in [0.05, 0.1) is 24.6 Å².